The highest BCUT2D eigenvalue weighted by atomic mass is 16.5. The number of carboxylic acid groups (broad SMARTS) is 1. The second-order valence-electron chi connectivity index (χ2n) is 14.9. The van der Waals surface area contributed by atoms with Gasteiger partial charge in [-0.15, -0.1) is 0 Å². The van der Waals surface area contributed by atoms with E-state index in [4.69, 9.17) is 9.84 Å². The Bertz CT molecular complexity index is 953. The van der Waals surface area contributed by atoms with Crippen LogP contribution in [0.2, 0.25) is 0 Å². The number of nitrogens with one attached hydrogen (secondary N) is 1. The third kappa shape index (κ3) is 42.0. The number of ether oxygens (including phenoxy) is 1. The molecule has 1 atom stereocenters. The molecule has 1 amide bonds. The van der Waals surface area contributed by atoms with E-state index in [9.17, 15) is 14.4 Å². The quantitative estimate of drug-likeness (QED) is 0.0370. The van der Waals surface area contributed by atoms with Crippen LogP contribution in [-0.4, -0.2) is 35.6 Å². The van der Waals surface area contributed by atoms with Gasteiger partial charge >= 0.3 is 11.9 Å². The lowest BCUT2D eigenvalue weighted by atomic mass is 10.1. The lowest BCUT2D eigenvalue weighted by molar-refractivity contribution is -0.147. The van der Waals surface area contributed by atoms with E-state index >= 15 is 0 Å². The molecule has 0 bridgehead atoms. The zero-order chi connectivity index (χ0) is 38.7. The third-order valence-electron chi connectivity index (χ3n) is 9.71. The van der Waals surface area contributed by atoms with Crippen LogP contribution < -0.4 is 5.32 Å². The molecule has 0 rings (SSSR count). The number of carbonyl (C=O) groups excluding carboxylic acids is 2. The fourth-order valence-corrected chi connectivity index (χ4v) is 6.37. The van der Waals surface area contributed by atoms with Crippen molar-refractivity contribution in [3.05, 3.63) is 48.6 Å². The number of rotatable bonds is 40. The number of hydrogen-bond acceptors (Lipinski definition) is 4. The summed E-state index contributed by atoms with van der Waals surface area (Å²) in [6.45, 7) is 4.19. The molecule has 0 aromatic heterocycles. The van der Waals surface area contributed by atoms with Crippen LogP contribution in [0, 0.1) is 0 Å². The maximum atomic E-state index is 12.7. The van der Waals surface area contributed by atoms with Crippen LogP contribution in [0.4, 0.5) is 0 Å². The molecule has 306 valence electrons. The van der Waals surface area contributed by atoms with E-state index in [1.165, 1.54) is 128 Å². The van der Waals surface area contributed by atoms with Crippen molar-refractivity contribution in [2.24, 2.45) is 0 Å². The third-order valence-corrected chi connectivity index (χ3v) is 9.71. The Morgan fingerprint density at radius 2 is 0.925 bits per heavy atom. The van der Waals surface area contributed by atoms with Crippen LogP contribution in [0.25, 0.3) is 0 Å². The van der Waals surface area contributed by atoms with Crippen molar-refractivity contribution in [2.45, 2.75) is 225 Å². The van der Waals surface area contributed by atoms with Gasteiger partial charge in [-0.3, -0.25) is 14.4 Å². The van der Waals surface area contributed by atoms with Crippen molar-refractivity contribution in [3.63, 3.8) is 0 Å². The van der Waals surface area contributed by atoms with Gasteiger partial charge < -0.3 is 15.2 Å². The molecule has 0 heterocycles. The minimum absolute atomic E-state index is 0.0884. The van der Waals surface area contributed by atoms with E-state index < -0.39 is 5.97 Å². The molecule has 0 saturated carbocycles. The number of allylic oxidation sites excluding steroid dienone is 7. The van der Waals surface area contributed by atoms with Gasteiger partial charge in [0.1, 0.15) is 12.6 Å². The first kappa shape index (κ1) is 50.4. The molecule has 0 fully saturated rings. The van der Waals surface area contributed by atoms with Crippen LogP contribution in [0.5, 0.6) is 0 Å². The van der Waals surface area contributed by atoms with E-state index in [-0.39, 0.29) is 24.5 Å². The Morgan fingerprint density at radius 3 is 1.43 bits per heavy atom. The highest BCUT2D eigenvalue weighted by Gasteiger charge is 2.12. The van der Waals surface area contributed by atoms with Crippen molar-refractivity contribution in [1.29, 1.82) is 0 Å². The van der Waals surface area contributed by atoms with Gasteiger partial charge in [-0.2, -0.15) is 0 Å². The van der Waals surface area contributed by atoms with E-state index in [1.807, 2.05) is 0 Å². The van der Waals surface area contributed by atoms with Crippen molar-refractivity contribution in [2.75, 3.05) is 6.54 Å². The van der Waals surface area contributed by atoms with Crippen LogP contribution in [0.1, 0.15) is 219 Å². The topological polar surface area (TPSA) is 92.7 Å². The molecule has 0 aromatic carbocycles. The number of amides is 1. The van der Waals surface area contributed by atoms with Crippen LogP contribution >= 0.6 is 0 Å². The van der Waals surface area contributed by atoms with Crippen LogP contribution in [0.15, 0.2) is 48.6 Å². The molecular formula is C47H83NO5. The zero-order valence-corrected chi connectivity index (χ0v) is 34.6. The minimum atomic E-state index is -1.03. The summed E-state index contributed by atoms with van der Waals surface area (Å²) >= 11 is 0. The number of unbranched alkanes of at least 4 members (excludes halogenated alkanes) is 23. The number of carbonyl (C=O) groups is 3. The summed E-state index contributed by atoms with van der Waals surface area (Å²) in [5.41, 5.74) is 0. The Kier molecular flexibility index (Phi) is 40.0. The SMILES string of the molecule is CCCCCCC/C=C\C/C=C\C/C=C\CCCCCCCCCCC(=O)OC(/C=C\CCCCCCCCC)CCCCCCC(=O)NCC(=O)O. The first-order chi connectivity index (χ1) is 26.0. The van der Waals surface area contributed by atoms with Crippen LogP contribution in [-0.2, 0) is 19.1 Å². The number of esters is 1. The second kappa shape index (κ2) is 42.1. The maximum Gasteiger partial charge on any atom is 0.322 e. The van der Waals surface area contributed by atoms with Crippen molar-refractivity contribution < 1.29 is 24.2 Å². The predicted octanol–water partition coefficient (Wildman–Crippen LogP) is 13.8. The summed E-state index contributed by atoms with van der Waals surface area (Å²) in [6.07, 6.45) is 54.0. The number of carboxylic acids is 1. The molecule has 6 heteroatoms. The number of hydrogen-bond donors (Lipinski definition) is 2. The normalized spacial score (nSPS) is 12.5. The van der Waals surface area contributed by atoms with Gasteiger partial charge in [0.15, 0.2) is 0 Å². The summed E-state index contributed by atoms with van der Waals surface area (Å²) < 4.78 is 5.91. The predicted molar refractivity (Wildman–Crippen MR) is 226 cm³/mol. The van der Waals surface area contributed by atoms with Gasteiger partial charge in [0.05, 0.1) is 0 Å². The molecule has 0 aliphatic carbocycles. The molecule has 0 saturated heterocycles. The van der Waals surface area contributed by atoms with E-state index in [0.29, 0.717) is 12.8 Å². The lowest BCUT2D eigenvalue weighted by Crippen LogP contribution is -2.28. The Balaban J connectivity index is 4.04. The first-order valence-electron chi connectivity index (χ1n) is 22.3. The van der Waals surface area contributed by atoms with Gasteiger partial charge in [-0.05, 0) is 83.1 Å². The maximum absolute atomic E-state index is 12.7. The Morgan fingerprint density at radius 1 is 0.509 bits per heavy atom. The molecule has 1 unspecified atom stereocenters. The Labute approximate surface area is 327 Å². The number of aliphatic carboxylic acids is 1. The van der Waals surface area contributed by atoms with Gasteiger partial charge in [-0.25, -0.2) is 0 Å². The molecule has 0 aromatic rings. The average Bonchev–Trinajstić information content (AvgIpc) is 3.14. The van der Waals surface area contributed by atoms with E-state index in [1.54, 1.807) is 0 Å². The molecule has 0 aliphatic rings. The highest BCUT2D eigenvalue weighted by molar-refractivity contribution is 5.80. The monoisotopic (exact) mass is 742 g/mol. The van der Waals surface area contributed by atoms with E-state index in [2.05, 4.69) is 67.8 Å². The molecule has 2 N–H and O–H groups in total. The molecule has 53 heavy (non-hydrogen) atoms. The smallest absolute Gasteiger partial charge is 0.322 e. The lowest BCUT2D eigenvalue weighted by Gasteiger charge is -2.15. The van der Waals surface area contributed by atoms with Gasteiger partial charge in [0.2, 0.25) is 5.91 Å². The largest absolute Gasteiger partial charge is 0.480 e. The molecular weight excluding hydrogens is 659 g/mol. The summed E-state index contributed by atoms with van der Waals surface area (Å²) in [4.78, 5) is 35.0. The molecule has 0 aliphatic heterocycles. The van der Waals surface area contributed by atoms with Crippen LogP contribution in [0.3, 0.4) is 0 Å². The van der Waals surface area contributed by atoms with Crippen molar-refractivity contribution in [3.8, 4) is 0 Å². The first-order valence-corrected chi connectivity index (χ1v) is 22.3. The summed E-state index contributed by atoms with van der Waals surface area (Å²) in [6, 6.07) is 0. The average molecular weight is 742 g/mol. The van der Waals surface area contributed by atoms with Crippen molar-refractivity contribution in [1.82, 2.24) is 5.32 Å². The fourth-order valence-electron chi connectivity index (χ4n) is 6.37. The van der Waals surface area contributed by atoms with Gasteiger partial charge in [0.25, 0.3) is 0 Å². The summed E-state index contributed by atoms with van der Waals surface area (Å²) in [7, 11) is 0. The van der Waals surface area contributed by atoms with Gasteiger partial charge in [-0.1, -0.05) is 172 Å². The molecule has 0 radical (unpaired) electrons. The Hall–Kier alpha value is -2.63. The molecule has 6 nitrogen and oxygen atoms in total. The standard InChI is InChI=1S/C47H83NO5/c1-3-5-7-9-11-13-14-15-16-17-18-19-20-21-22-23-24-25-26-28-30-32-38-42-47(52)53-44(39-35-31-29-27-12-10-8-6-4-2)40-36-33-34-37-41-45(49)48-43-46(50)51/h14-15,17-18,20-21,35,39,44H,3-13,16,19,22-34,36-38,40-43H2,1-2H3,(H,48,49)(H,50,51)/b15-14-,18-17-,21-20-,39-35-. The molecule has 0 spiro atoms. The summed E-state index contributed by atoms with van der Waals surface area (Å²) in [5, 5.41) is 11.1. The van der Waals surface area contributed by atoms with E-state index in [0.717, 1.165) is 64.2 Å². The second-order valence-corrected chi connectivity index (χ2v) is 14.9. The highest BCUT2D eigenvalue weighted by Crippen LogP contribution is 2.16. The fraction of sp³-hybridized carbons (Fsp3) is 0.766. The minimum Gasteiger partial charge on any atom is -0.480 e. The van der Waals surface area contributed by atoms with Crippen molar-refractivity contribution >= 4 is 17.8 Å². The zero-order valence-electron chi connectivity index (χ0n) is 34.6. The summed E-state index contributed by atoms with van der Waals surface area (Å²) in [5.74, 6) is -1.33. The van der Waals surface area contributed by atoms with Gasteiger partial charge in [0, 0.05) is 12.8 Å².